The maximum Gasteiger partial charge on any atom is 0.237 e. The van der Waals surface area contributed by atoms with Crippen molar-refractivity contribution < 1.29 is 9.90 Å². The van der Waals surface area contributed by atoms with Gasteiger partial charge in [-0.2, -0.15) is 0 Å². The van der Waals surface area contributed by atoms with E-state index in [4.69, 9.17) is 11.6 Å². The Hall–Kier alpha value is -1.10. The number of halogens is 1. The van der Waals surface area contributed by atoms with Crippen LogP contribution in [0.2, 0.25) is 5.02 Å². The number of hydrogen-bond donors (Lipinski definition) is 1. The minimum atomic E-state index is 0.00458. The first-order valence-corrected chi connectivity index (χ1v) is 7.76. The Kier molecular flexibility index (Phi) is 5.62. The van der Waals surface area contributed by atoms with E-state index >= 15 is 0 Å². The fraction of sp³-hybridized carbons (Fsp3) is 0.562. The number of likely N-dealkylation sites (tertiary alicyclic amines) is 1. The zero-order valence-corrected chi connectivity index (χ0v) is 13.4. The molecule has 1 amide bonds. The number of hydrogen-bond acceptors (Lipinski definition) is 3. The fourth-order valence-electron chi connectivity index (χ4n) is 2.78. The number of carbonyl (C=O) groups is 1. The van der Waals surface area contributed by atoms with Gasteiger partial charge in [0.1, 0.15) is 0 Å². The summed E-state index contributed by atoms with van der Waals surface area (Å²) in [5, 5.41) is 10.0. The molecule has 0 aromatic heterocycles. The number of amides is 1. The van der Waals surface area contributed by atoms with Gasteiger partial charge < -0.3 is 10.0 Å². The summed E-state index contributed by atoms with van der Waals surface area (Å²) in [5.74, 6) is 0.0813. The summed E-state index contributed by atoms with van der Waals surface area (Å²) >= 11 is 5.89. The van der Waals surface area contributed by atoms with Crippen molar-refractivity contribution in [2.45, 2.75) is 31.8 Å². The summed E-state index contributed by atoms with van der Waals surface area (Å²) in [7, 11) is 1.83. The van der Waals surface area contributed by atoms with Gasteiger partial charge in [-0.15, -0.1) is 0 Å². The van der Waals surface area contributed by atoms with Crippen LogP contribution < -0.4 is 0 Å². The van der Waals surface area contributed by atoms with Gasteiger partial charge in [0.25, 0.3) is 0 Å². The van der Waals surface area contributed by atoms with E-state index in [1.165, 1.54) is 0 Å². The predicted octanol–water partition coefficient (Wildman–Crippen LogP) is 2.32. The van der Waals surface area contributed by atoms with E-state index < -0.39 is 0 Å². The maximum atomic E-state index is 12.4. The van der Waals surface area contributed by atoms with Crippen LogP contribution in [0.1, 0.15) is 31.4 Å². The lowest BCUT2D eigenvalue weighted by molar-refractivity contribution is -0.133. The van der Waals surface area contributed by atoms with Gasteiger partial charge in [0.15, 0.2) is 0 Å². The first-order chi connectivity index (χ1) is 10.0. The SMILES string of the molecule is CC(c1ccc(Cl)cc1)N(C)C(=O)CN1CCC[C@@H]1CO. The van der Waals surface area contributed by atoms with E-state index in [0.29, 0.717) is 11.6 Å². The topological polar surface area (TPSA) is 43.8 Å². The molecular formula is C16H23ClN2O2. The van der Waals surface area contributed by atoms with Crippen LogP contribution in [0.15, 0.2) is 24.3 Å². The van der Waals surface area contributed by atoms with E-state index in [9.17, 15) is 9.90 Å². The lowest BCUT2D eigenvalue weighted by Gasteiger charge is -2.29. The van der Waals surface area contributed by atoms with Crippen LogP contribution in [0.25, 0.3) is 0 Å². The summed E-state index contributed by atoms with van der Waals surface area (Å²) in [4.78, 5) is 16.3. The molecule has 1 unspecified atom stereocenters. The second kappa shape index (κ2) is 7.25. The Labute approximate surface area is 131 Å². The third kappa shape index (κ3) is 3.96. The van der Waals surface area contributed by atoms with Crippen molar-refractivity contribution in [3.63, 3.8) is 0 Å². The molecule has 0 aliphatic carbocycles. The molecule has 0 bridgehead atoms. The highest BCUT2D eigenvalue weighted by Crippen LogP contribution is 2.22. The molecule has 4 nitrogen and oxygen atoms in total. The summed E-state index contributed by atoms with van der Waals surface area (Å²) < 4.78 is 0. The van der Waals surface area contributed by atoms with Crippen molar-refractivity contribution in [2.75, 3.05) is 26.7 Å². The smallest absolute Gasteiger partial charge is 0.237 e. The zero-order chi connectivity index (χ0) is 15.4. The van der Waals surface area contributed by atoms with Crippen molar-refractivity contribution >= 4 is 17.5 Å². The minimum absolute atomic E-state index is 0.00458. The summed E-state index contributed by atoms with van der Waals surface area (Å²) in [6, 6.07) is 7.71. The Balaban J connectivity index is 1.96. The Morgan fingerprint density at radius 3 is 2.76 bits per heavy atom. The Morgan fingerprint density at radius 2 is 2.14 bits per heavy atom. The normalized spacial score (nSPS) is 20.5. The van der Waals surface area contributed by atoms with E-state index in [1.54, 1.807) is 4.90 Å². The van der Waals surface area contributed by atoms with Crippen molar-refractivity contribution in [3.8, 4) is 0 Å². The number of nitrogens with zero attached hydrogens (tertiary/aromatic N) is 2. The molecule has 1 aromatic carbocycles. The molecule has 1 aliphatic rings. The number of aliphatic hydroxyl groups is 1. The molecule has 1 aliphatic heterocycles. The fourth-order valence-corrected chi connectivity index (χ4v) is 2.90. The number of carbonyl (C=O) groups excluding carboxylic acids is 1. The van der Waals surface area contributed by atoms with E-state index in [1.807, 2.05) is 38.2 Å². The first kappa shape index (κ1) is 16.3. The summed E-state index contributed by atoms with van der Waals surface area (Å²) in [6.45, 7) is 3.40. The van der Waals surface area contributed by atoms with Crippen molar-refractivity contribution in [3.05, 3.63) is 34.9 Å². The first-order valence-electron chi connectivity index (χ1n) is 7.39. The number of likely N-dealkylation sites (N-methyl/N-ethyl adjacent to an activating group) is 1. The van der Waals surface area contributed by atoms with Gasteiger partial charge in [-0.3, -0.25) is 9.69 Å². The molecule has 116 valence electrons. The van der Waals surface area contributed by atoms with Gasteiger partial charge in [-0.25, -0.2) is 0 Å². The molecule has 1 aromatic rings. The van der Waals surface area contributed by atoms with Crippen molar-refractivity contribution in [1.29, 1.82) is 0 Å². The van der Waals surface area contributed by atoms with Crippen LogP contribution in [0, 0.1) is 0 Å². The summed E-state index contributed by atoms with van der Waals surface area (Å²) in [6.07, 6.45) is 2.02. The third-order valence-corrected chi connectivity index (χ3v) is 4.63. The third-order valence-electron chi connectivity index (χ3n) is 4.37. The van der Waals surface area contributed by atoms with Crippen molar-refractivity contribution in [2.24, 2.45) is 0 Å². The molecule has 2 rings (SSSR count). The molecule has 1 heterocycles. The molecular weight excluding hydrogens is 288 g/mol. The second-order valence-corrected chi connectivity index (χ2v) is 6.12. The van der Waals surface area contributed by atoms with E-state index in [0.717, 1.165) is 24.9 Å². The van der Waals surface area contributed by atoms with Crippen molar-refractivity contribution in [1.82, 2.24) is 9.80 Å². The average Bonchev–Trinajstić information content (AvgIpc) is 2.93. The number of rotatable bonds is 5. The highest BCUT2D eigenvalue weighted by molar-refractivity contribution is 6.30. The Bertz CT molecular complexity index is 478. The highest BCUT2D eigenvalue weighted by Gasteiger charge is 2.27. The second-order valence-electron chi connectivity index (χ2n) is 5.68. The minimum Gasteiger partial charge on any atom is -0.395 e. The van der Waals surface area contributed by atoms with Crippen LogP contribution in [0.3, 0.4) is 0 Å². The van der Waals surface area contributed by atoms with Gasteiger partial charge in [-0.1, -0.05) is 23.7 Å². The summed E-state index contributed by atoms with van der Waals surface area (Å²) in [5.41, 5.74) is 1.07. The molecule has 0 saturated carbocycles. The monoisotopic (exact) mass is 310 g/mol. The molecule has 0 radical (unpaired) electrons. The average molecular weight is 311 g/mol. The molecule has 21 heavy (non-hydrogen) atoms. The van der Waals surface area contributed by atoms with Gasteiger partial charge in [0, 0.05) is 18.1 Å². The molecule has 1 fully saturated rings. The number of aliphatic hydroxyl groups excluding tert-OH is 1. The Morgan fingerprint density at radius 1 is 1.48 bits per heavy atom. The quantitative estimate of drug-likeness (QED) is 0.907. The van der Waals surface area contributed by atoms with Crippen LogP contribution in [-0.2, 0) is 4.79 Å². The van der Waals surface area contributed by atoms with Gasteiger partial charge in [-0.05, 0) is 44.0 Å². The predicted molar refractivity (Wildman–Crippen MR) is 84.3 cm³/mol. The van der Waals surface area contributed by atoms with Crippen LogP contribution in [-0.4, -0.2) is 53.6 Å². The van der Waals surface area contributed by atoms with Crippen LogP contribution >= 0.6 is 11.6 Å². The lowest BCUT2D eigenvalue weighted by Crippen LogP contribution is -2.42. The standard InChI is InChI=1S/C16H23ClN2O2/c1-12(13-5-7-14(17)8-6-13)18(2)16(21)10-19-9-3-4-15(19)11-20/h5-8,12,15,20H,3-4,9-11H2,1-2H3/t12?,15-/m1/s1. The number of benzene rings is 1. The van der Waals surface area contributed by atoms with Gasteiger partial charge in [0.2, 0.25) is 5.91 Å². The van der Waals surface area contributed by atoms with Crippen LogP contribution in [0.4, 0.5) is 0 Å². The molecule has 5 heteroatoms. The van der Waals surface area contributed by atoms with E-state index in [-0.39, 0.29) is 24.6 Å². The molecule has 0 spiro atoms. The van der Waals surface area contributed by atoms with Crippen LogP contribution in [0.5, 0.6) is 0 Å². The van der Waals surface area contributed by atoms with Gasteiger partial charge in [0.05, 0.1) is 19.2 Å². The van der Waals surface area contributed by atoms with E-state index in [2.05, 4.69) is 4.90 Å². The largest absolute Gasteiger partial charge is 0.395 e. The van der Waals surface area contributed by atoms with Gasteiger partial charge >= 0.3 is 0 Å². The molecule has 1 saturated heterocycles. The molecule has 2 atom stereocenters. The molecule has 1 N–H and O–H groups in total. The lowest BCUT2D eigenvalue weighted by atomic mass is 10.1. The highest BCUT2D eigenvalue weighted by atomic mass is 35.5. The maximum absolute atomic E-state index is 12.4. The zero-order valence-electron chi connectivity index (χ0n) is 12.6.